The maximum absolute atomic E-state index is 13.1. The maximum Gasteiger partial charge on any atom is 0.166 e. The second-order valence-electron chi connectivity index (χ2n) is 9.07. The van der Waals surface area contributed by atoms with Crippen molar-refractivity contribution in [3.8, 4) is 0 Å². The molecule has 4 aliphatic rings. The maximum atomic E-state index is 13.1. The van der Waals surface area contributed by atoms with E-state index in [9.17, 15) is 4.79 Å². The van der Waals surface area contributed by atoms with Crippen molar-refractivity contribution in [2.75, 3.05) is 52.4 Å². The molecule has 148 valence electrons. The number of Topliss-reactive ketones (excluding diaryl/α,β-unsaturated/α-hetero) is 1. The minimum atomic E-state index is 0.0678. The van der Waals surface area contributed by atoms with Gasteiger partial charge in [-0.3, -0.25) is 24.4 Å². The molecule has 0 aromatic rings. The van der Waals surface area contributed by atoms with E-state index in [4.69, 9.17) is 0 Å². The van der Waals surface area contributed by atoms with Crippen LogP contribution in [-0.2, 0) is 4.79 Å². The van der Waals surface area contributed by atoms with Crippen LogP contribution >= 0.6 is 0 Å². The molecule has 2 saturated carbocycles. The van der Waals surface area contributed by atoms with Gasteiger partial charge in [-0.25, -0.2) is 0 Å². The molecule has 0 spiro atoms. The third kappa shape index (κ3) is 3.87. The third-order valence-electron chi connectivity index (χ3n) is 7.80. The molecule has 2 saturated heterocycles. The fourth-order valence-electron chi connectivity index (χ4n) is 5.19. The van der Waals surface area contributed by atoms with Crippen molar-refractivity contribution in [1.82, 2.24) is 19.6 Å². The molecule has 0 aromatic carbocycles. The summed E-state index contributed by atoms with van der Waals surface area (Å²) in [6.45, 7) is 13.1. The smallest absolute Gasteiger partial charge is 0.166 e. The molecule has 0 radical (unpaired) electrons. The zero-order chi connectivity index (χ0) is 18.1. The molecule has 26 heavy (non-hydrogen) atoms. The summed E-state index contributed by atoms with van der Waals surface area (Å²) < 4.78 is 0. The second kappa shape index (κ2) is 8.26. The van der Waals surface area contributed by atoms with Crippen molar-refractivity contribution >= 4 is 5.78 Å². The first kappa shape index (κ1) is 18.9. The van der Waals surface area contributed by atoms with Gasteiger partial charge in [0.05, 0.1) is 12.1 Å². The van der Waals surface area contributed by atoms with Crippen LogP contribution in [0.25, 0.3) is 0 Å². The van der Waals surface area contributed by atoms with Crippen molar-refractivity contribution in [1.29, 1.82) is 0 Å². The molecule has 2 heterocycles. The van der Waals surface area contributed by atoms with E-state index in [1.807, 2.05) is 0 Å². The minimum absolute atomic E-state index is 0.0678. The number of hydrogen-bond donors (Lipinski definition) is 0. The second-order valence-corrected chi connectivity index (χ2v) is 9.07. The molecule has 4 fully saturated rings. The number of nitrogens with zero attached hydrogens (tertiary/aromatic N) is 4. The molecular formula is C21H38N4O. The van der Waals surface area contributed by atoms with E-state index in [0.29, 0.717) is 5.78 Å². The Balaban J connectivity index is 1.23. The molecule has 2 unspecified atom stereocenters. The number of carbonyl (C=O) groups excluding carboxylic acids is 1. The molecule has 0 aromatic heterocycles. The first-order valence-corrected chi connectivity index (χ1v) is 11.1. The van der Waals surface area contributed by atoms with Gasteiger partial charge in [0.25, 0.3) is 0 Å². The van der Waals surface area contributed by atoms with E-state index >= 15 is 0 Å². The van der Waals surface area contributed by atoms with Crippen LogP contribution < -0.4 is 0 Å². The molecule has 2 aliphatic carbocycles. The van der Waals surface area contributed by atoms with Crippen LogP contribution in [0.5, 0.6) is 0 Å². The lowest BCUT2D eigenvalue weighted by atomic mass is 9.90. The van der Waals surface area contributed by atoms with E-state index in [1.54, 1.807) is 0 Å². The summed E-state index contributed by atoms with van der Waals surface area (Å²) in [5, 5.41) is 0. The fraction of sp³-hybridized carbons (Fsp3) is 0.952. The number of hydrogen-bond acceptors (Lipinski definition) is 5. The highest BCUT2D eigenvalue weighted by atomic mass is 16.1. The molecule has 4 rings (SSSR count). The van der Waals surface area contributed by atoms with E-state index in [0.717, 1.165) is 64.4 Å². The Kier molecular flexibility index (Phi) is 5.99. The van der Waals surface area contributed by atoms with E-state index in [-0.39, 0.29) is 12.1 Å². The predicted molar refractivity (Wildman–Crippen MR) is 106 cm³/mol. The Bertz CT molecular complexity index is 432. The average molecular weight is 363 g/mol. The quantitative estimate of drug-likeness (QED) is 0.717. The van der Waals surface area contributed by atoms with E-state index in [2.05, 4.69) is 33.4 Å². The van der Waals surface area contributed by atoms with Gasteiger partial charge in [-0.05, 0) is 39.5 Å². The van der Waals surface area contributed by atoms with Crippen molar-refractivity contribution in [2.24, 2.45) is 0 Å². The van der Waals surface area contributed by atoms with E-state index < -0.39 is 0 Å². The Morgan fingerprint density at radius 1 is 0.654 bits per heavy atom. The Labute approximate surface area is 159 Å². The molecule has 0 bridgehead atoms. The molecule has 2 aliphatic heterocycles. The Hall–Kier alpha value is -0.490. The van der Waals surface area contributed by atoms with Crippen LogP contribution in [0.3, 0.4) is 0 Å². The number of ketones is 1. The molecule has 2 atom stereocenters. The highest BCUT2D eigenvalue weighted by Gasteiger charge is 2.35. The van der Waals surface area contributed by atoms with Gasteiger partial charge >= 0.3 is 0 Å². The molecule has 5 heteroatoms. The summed E-state index contributed by atoms with van der Waals surface area (Å²) in [6.07, 6.45) is 8.37. The van der Waals surface area contributed by atoms with Crippen molar-refractivity contribution in [3.63, 3.8) is 0 Å². The highest BCUT2D eigenvalue weighted by molar-refractivity contribution is 5.88. The third-order valence-corrected chi connectivity index (χ3v) is 7.80. The first-order chi connectivity index (χ1) is 12.6. The summed E-state index contributed by atoms with van der Waals surface area (Å²) in [5.41, 5.74) is 0. The predicted octanol–water partition coefficient (Wildman–Crippen LogP) is 1.67. The van der Waals surface area contributed by atoms with Crippen LogP contribution in [0.15, 0.2) is 0 Å². The molecule has 0 amide bonds. The van der Waals surface area contributed by atoms with Crippen LogP contribution in [0.2, 0.25) is 0 Å². The normalized spacial score (nSPS) is 30.5. The van der Waals surface area contributed by atoms with Crippen LogP contribution in [0, 0.1) is 0 Å². The summed E-state index contributed by atoms with van der Waals surface area (Å²) >= 11 is 0. The van der Waals surface area contributed by atoms with E-state index in [1.165, 1.54) is 38.5 Å². The van der Waals surface area contributed by atoms with Crippen LogP contribution in [0.1, 0.15) is 52.4 Å². The number of carbonyl (C=O) groups is 1. The SMILES string of the molecule is CC(C(=O)C(C)N1CCN(C2CCC2)CC1)N1CCN(C2CCC2)CC1. The lowest BCUT2D eigenvalue weighted by Crippen LogP contribution is -2.59. The van der Waals surface area contributed by atoms with Gasteiger partial charge in [0, 0.05) is 64.4 Å². The fourth-order valence-corrected chi connectivity index (χ4v) is 5.19. The molecule has 0 N–H and O–H groups in total. The van der Waals surface area contributed by atoms with Crippen molar-refractivity contribution < 1.29 is 4.79 Å². The lowest BCUT2D eigenvalue weighted by molar-refractivity contribution is -0.130. The zero-order valence-electron chi connectivity index (χ0n) is 16.9. The van der Waals surface area contributed by atoms with Crippen molar-refractivity contribution in [3.05, 3.63) is 0 Å². The summed E-state index contributed by atoms with van der Waals surface area (Å²) in [4.78, 5) is 23.3. The first-order valence-electron chi connectivity index (χ1n) is 11.1. The highest BCUT2D eigenvalue weighted by Crippen LogP contribution is 2.27. The lowest BCUT2D eigenvalue weighted by Gasteiger charge is -2.46. The van der Waals surface area contributed by atoms with Gasteiger partial charge in [0.1, 0.15) is 0 Å². The molecule has 5 nitrogen and oxygen atoms in total. The minimum Gasteiger partial charge on any atom is -0.298 e. The largest absolute Gasteiger partial charge is 0.298 e. The topological polar surface area (TPSA) is 30.0 Å². The van der Waals surface area contributed by atoms with Gasteiger partial charge in [-0.1, -0.05) is 12.8 Å². The van der Waals surface area contributed by atoms with Crippen LogP contribution in [-0.4, -0.2) is 102 Å². The van der Waals surface area contributed by atoms with Gasteiger partial charge in [-0.2, -0.15) is 0 Å². The standard InChI is InChI=1S/C21H38N4O/c1-17(22-9-13-24(14-10-22)19-5-3-6-19)21(26)18(2)23-11-15-25(16-12-23)20-7-4-8-20/h17-20H,3-16H2,1-2H3. The number of rotatable bonds is 6. The average Bonchev–Trinajstić information content (AvgIpc) is 2.58. The monoisotopic (exact) mass is 362 g/mol. The Morgan fingerprint density at radius 2 is 1.00 bits per heavy atom. The van der Waals surface area contributed by atoms with Gasteiger partial charge in [0.15, 0.2) is 5.78 Å². The number of piperazine rings is 2. The van der Waals surface area contributed by atoms with Crippen LogP contribution in [0.4, 0.5) is 0 Å². The zero-order valence-corrected chi connectivity index (χ0v) is 16.9. The van der Waals surface area contributed by atoms with Gasteiger partial charge in [-0.15, -0.1) is 0 Å². The van der Waals surface area contributed by atoms with Gasteiger partial charge < -0.3 is 0 Å². The summed E-state index contributed by atoms with van der Waals surface area (Å²) in [7, 11) is 0. The Morgan fingerprint density at radius 3 is 1.27 bits per heavy atom. The van der Waals surface area contributed by atoms with Gasteiger partial charge in [0.2, 0.25) is 0 Å². The molecular weight excluding hydrogens is 324 g/mol. The van der Waals surface area contributed by atoms with Crippen molar-refractivity contribution in [2.45, 2.75) is 76.5 Å². The summed E-state index contributed by atoms with van der Waals surface area (Å²) in [6, 6.07) is 1.82. The summed E-state index contributed by atoms with van der Waals surface area (Å²) in [5.74, 6) is 0.430.